The number of ether oxygens (including phenoxy) is 3. The van der Waals surface area contributed by atoms with Gasteiger partial charge in [-0.3, -0.25) is 9.59 Å². The van der Waals surface area contributed by atoms with Gasteiger partial charge in [-0.1, -0.05) is 30.3 Å². The molecule has 154 valence electrons. The van der Waals surface area contributed by atoms with Crippen molar-refractivity contribution in [3.63, 3.8) is 0 Å². The topological polar surface area (TPSA) is 73.9 Å². The summed E-state index contributed by atoms with van der Waals surface area (Å²) in [6.45, 7) is 0.401. The molecule has 0 saturated heterocycles. The van der Waals surface area contributed by atoms with E-state index in [1.54, 1.807) is 55.6 Å². The molecule has 6 nitrogen and oxygen atoms in total. The molecule has 3 rings (SSSR count). The van der Waals surface area contributed by atoms with E-state index in [0.717, 1.165) is 11.3 Å². The van der Waals surface area contributed by atoms with Crippen molar-refractivity contribution in [3.05, 3.63) is 90.0 Å². The molecule has 0 saturated carbocycles. The molecule has 0 aliphatic carbocycles. The summed E-state index contributed by atoms with van der Waals surface area (Å²) in [7, 11) is 1.59. The molecule has 0 radical (unpaired) electrons. The van der Waals surface area contributed by atoms with Crippen molar-refractivity contribution >= 4 is 17.6 Å². The minimum absolute atomic E-state index is 0.143. The fraction of sp³-hybridized carbons (Fsp3) is 0.167. The van der Waals surface area contributed by atoms with Crippen molar-refractivity contribution in [2.24, 2.45) is 0 Å². The van der Waals surface area contributed by atoms with Crippen molar-refractivity contribution in [3.8, 4) is 11.5 Å². The van der Waals surface area contributed by atoms with E-state index in [4.69, 9.17) is 14.2 Å². The quantitative estimate of drug-likeness (QED) is 0.532. The van der Waals surface area contributed by atoms with Crippen LogP contribution in [0.4, 0.5) is 5.69 Å². The van der Waals surface area contributed by atoms with Crippen molar-refractivity contribution < 1.29 is 23.8 Å². The molecule has 0 aromatic heterocycles. The van der Waals surface area contributed by atoms with E-state index in [2.05, 4.69) is 5.32 Å². The zero-order valence-electron chi connectivity index (χ0n) is 16.7. The number of anilines is 1. The highest BCUT2D eigenvalue weighted by Crippen LogP contribution is 2.16. The minimum atomic E-state index is -0.341. The Kier molecular flexibility index (Phi) is 7.44. The Morgan fingerprint density at radius 1 is 0.833 bits per heavy atom. The molecule has 6 heteroatoms. The summed E-state index contributed by atoms with van der Waals surface area (Å²) in [4.78, 5) is 24.2. The van der Waals surface area contributed by atoms with Gasteiger partial charge in [0.15, 0.2) is 0 Å². The lowest BCUT2D eigenvalue weighted by molar-refractivity contribution is -0.145. The van der Waals surface area contributed by atoms with Gasteiger partial charge in [0.2, 0.25) is 0 Å². The Balaban J connectivity index is 1.42. The first-order valence-corrected chi connectivity index (χ1v) is 9.52. The number of hydrogen-bond donors (Lipinski definition) is 1. The number of rotatable bonds is 9. The summed E-state index contributed by atoms with van der Waals surface area (Å²) in [5, 5.41) is 2.82. The lowest BCUT2D eigenvalue weighted by atomic mass is 10.1. The maximum absolute atomic E-state index is 12.3. The molecule has 0 atom stereocenters. The monoisotopic (exact) mass is 405 g/mol. The predicted octanol–water partition coefficient (Wildman–Crippen LogP) is 4.46. The zero-order chi connectivity index (χ0) is 21.2. The van der Waals surface area contributed by atoms with Crippen molar-refractivity contribution in [2.45, 2.75) is 13.0 Å². The number of benzene rings is 3. The smallest absolute Gasteiger partial charge is 0.309 e. The van der Waals surface area contributed by atoms with E-state index >= 15 is 0 Å². The summed E-state index contributed by atoms with van der Waals surface area (Å²) in [6, 6.07) is 23.3. The van der Waals surface area contributed by atoms with E-state index in [1.807, 2.05) is 30.3 Å². The first kappa shape index (κ1) is 20.9. The second kappa shape index (κ2) is 10.7. The van der Waals surface area contributed by atoms with Crippen LogP contribution in [-0.2, 0) is 16.1 Å². The Hall–Kier alpha value is -3.80. The van der Waals surface area contributed by atoms with Gasteiger partial charge < -0.3 is 19.5 Å². The van der Waals surface area contributed by atoms with Gasteiger partial charge in [0.05, 0.1) is 20.1 Å². The number of amides is 1. The number of para-hydroxylation sites is 1. The molecule has 0 spiro atoms. The van der Waals surface area contributed by atoms with Crippen LogP contribution in [0.2, 0.25) is 0 Å². The van der Waals surface area contributed by atoms with Gasteiger partial charge in [-0.2, -0.15) is 0 Å². The lowest BCUT2D eigenvalue weighted by Gasteiger charge is -2.08. The molecule has 1 N–H and O–H groups in total. The summed E-state index contributed by atoms with van der Waals surface area (Å²) < 4.78 is 15.8. The van der Waals surface area contributed by atoms with Crippen molar-refractivity contribution in [1.82, 2.24) is 0 Å². The lowest BCUT2D eigenvalue weighted by Crippen LogP contribution is -2.12. The standard InChI is InChI=1S/C24H23NO5/c1-28-21-13-11-20(12-14-21)25-24(27)19-9-7-18(8-10-19)17-30-23(26)15-16-29-22-5-3-2-4-6-22/h2-14H,15-17H2,1H3,(H,25,27). The molecule has 3 aromatic rings. The normalized spacial score (nSPS) is 10.2. The highest BCUT2D eigenvalue weighted by atomic mass is 16.5. The summed E-state index contributed by atoms with van der Waals surface area (Å²) in [5.41, 5.74) is 1.99. The maximum atomic E-state index is 12.3. The van der Waals surface area contributed by atoms with Gasteiger partial charge in [0.1, 0.15) is 18.1 Å². The first-order chi connectivity index (χ1) is 14.6. The molecule has 0 aliphatic heterocycles. The van der Waals surface area contributed by atoms with E-state index in [1.165, 1.54) is 0 Å². The third-order valence-electron chi connectivity index (χ3n) is 4.28. The molecular formula is C24H23NO5. The van der Waals surface area contributed by atoms with E-state index in [-0.39, 0.29) is 31.5 Å². The van der Waals surface area contributed by atoms with Gasteiger partial charge in [0, 0.05) is 11.3 Å². The molecule has 0 bridgehead atoms. The molecular weight excluding hydrogens is 382 g/mol. The molecule has 0 fully saturated rings. The fourth-order valence-electron chi connectivity index (χ4n) is 2.63. The van der Waals surface area contributed by atoms with Crippen LogP contribution in [0.25, 0.3) is 0 Å². The largest absolute Gasteiger partial charge is 0.497 e. The van der Waals surface area contributed by atoms with Gasteiger partial charge >= 0.3 is 5.97 Å². The highest BCUT2D eigenvalue weighted by molar-refractivity contribution is 6.04. The summed E-state index contributed by atoms with van der Waals surface area (Å²) >= 11 is 0. The number of carbonyl (C=O) groups is 2. The highest BCUT2D eigenvalue weighted by Gasteiger charge is 2.08. The summed E-state index contributed by atoms with van der Waals surface area (Å²) in [6.07, 6.45) is 0.164. The second-order valence-corrected chi connectivity index (χ2v) is 6.45. The van der Waals surface area contributed by atoms with Gasteiger partial charge in [0.25, 0.3) is 5.91 Å². The van der Waals surface area contributed by atoms with Gasteiger partial charge in [-0.25, -0.2) is 0 Å². The first-order valence-electron chi connectivity index (χ1n) is 9.52. The number of nitrogens with one attached hydrogen (secondary N) is 1. The molecule has 30 heavy (non-hydrogen) atoms. The number of methoxy groups -OCH3 is 1. The number of hydrogen-bond acceptors (Lipinski definition) is 5. The van der Waals surface area contributed by atoms with Crippen LogP contribution in [0.3, 0.4) is 0 Å². The van der Waals surface area contributed by atoms with Crippen LogP contribution in [0.15, 0.2) is 78.9 Å². The van der Waals surface area contributed by atoms with Crippen LogP contribution in [0, 0.1) is 0 Å². The molecule has 0 aliphatic rings. The van der Waals surface area contributed by atoms with E-state index in [0.29, 0.717) is 17.0 Å². The van der Waals surface area contributed by atoms with Crippen molar-refractivity contribution in [2.75, 3.05) is 19.0 Å². The van der Waals surface area contributed by atoms with Crippen LogP contribution >= 0.6 is 0 Å². The van der Waals surface area contributed by atoms with Crippen LogP contribution < -0.4 is 14.8 Å². The third-order valence-corrected chi connectivity index (χ3v) is 4.28. The maximum Gasteiger partial charge on any atom is 0.309 e. The fourth-order valence-corrected chi connectivity index (χ4v) is 2.63. The van der Waals surface area contributed by atoms with E-state index in [9.17, 15) is 9.59 Å². The number of esters is 1. The molecule has 0 unspecified atom stereocenters. The number of carbonyl (C=O) groups excluding carboxylic acids is 2. The van der Waals surface area contributed by atoms with Crippen LogP contribution in [0.5, 0.6) is 11.5 Å². The van der Waals surface area contributed by atoms with Gasteiger partial charge in [-0.05, 0) is 54.1 Å². The van der Waals surface area contributed by atoms with E-state index < -0.39 is 0 Å². The second-order valence-electron chi connectivity index (χ2n) is 6.45. The predicted molar refractivity (Wildman–Crippen MR) is 114 cm³/mol. The summed E-state index contributed by atoms with van der Waals surface area (Å²) in [5.74, 6) is 0.876. The molecule has 1 amide bonds. The van der Waals surface area contributed by atoms with Crippen molar-refractivity contribution in [1.29, 1.82) is 0 Å². The molecule has 0 heterocycles. The van der Waals surface area contributed by atoms with Gasteiger partial charge in [-0.15, -0.1) is 0 Å². The Morgan fingerprint density at radius 2 is 1.53 bits per heavy atom. The molecule has 3 aromatic carbocycles. The average molecular weight is 405 g/mol. The zero-order valence-corrected chi connectivity index (χ0v) is 16.7. The van der Waals surface area contributed by atoms with Crippen LogP contribution in [0.1, 0.15) is 22.3 Å². The Morgan fingerprint density at radius 3 is 2.20 bits per heavy atom. The Labute approximate surface area is 175 Å². The SMILES string of the molecule is COc1ccc(NC(=O)c2ccc(COC(=O)CCOc3ccccc3)cc2)cc1. The van der Waals surface area contributed by atoms with Crippen LogP contribution in [-0.4, -0.2) is 25.6 Å². The third kappa shape index (κ3) is 6.38. The minimum Gasteiger partial charge on any atom is -0.497 e. The average Bonchev–Trinajstić information content (AvgIpc) is 2.79. The Bertz CT molecular complexity index is 953.